The molecule has 112 valence electrons. The third-order valence-electron chi connectivity index (χ3n) is 3.46. The number of nitrogens with zero attached hydrogens (tertiary/aromatic N) is 3. The van der Waals surface area contributed by atoms with E-state index in [2.05, 4.69) is 16.8 Å². The van der Waals surface area contributed by atoms with Gasteiger partial charge in [0.05, 0.1) is 11.4 Å². The second kappa shape index (κ2) is 6.22. The molecule has 0 fully saturated rings. The fraction of sp³-hybridized carbons (Fsp3) is 0.400. The Bertz CT molecular complexity index is 693. The lowest BCUT2D eigenvalue weighted by Gasteiger charge is -2.19. The molecule has 2 N–H and O–H groups in total. The van der Waals surface area contributed by atoms with Crippen LogP contribution in [0, 0.1) is 13.8 Å². The van der Waals surface area contributed by atoms with Gasteiger partial charge in [0.2, 0.25) is 0 Å². The molecule has 5 nitrogen and oxygen atoms in total. The van der Waals surface area contributed by atoms with E-state index in [0.717, 1.165) is 23.1 Å². The normalized spacial score (nSPS) is 10.8. The number of hydrogen-bond acceptors (Lipinski definition) is 5. The largest absolute Gasteiger partial charge is 0.397 e. The van der Waals surface area contributed by atoms with E-state index >= 15 is 0 Å². The molecule has 0 spiro atoms. The maximum absolute atomic E-state index is 12.7. The number of hydrogen-bond donors (Lipinski definition) is 1. The summed E-state index contributed by atoms with van der Waals surface area (Å²) < 4.78 is 0. The number of thiophene rings is 1. The first-order valence-electron chi connectivity index (χ1n) is 6.93. The molecule has 0 unspecified atom stereocenters. The van der Waals surface area contributed by atoms with Crippen molar-refractivity contribution in [1.82, 2.24) is 15.1 Å². The van der Waals surface area contributed by atoms with Gasteiger partial charge in [-0.25, -0.2) is 0 Å². The molecule has 0 bridgehead atoms. The molecule has 2 heterocycles. The molecule has 0 atom stereocenters. The minimum absolute atomic E-state index is 0.0608. The highest BCUT2D eigenvalue weighted by atomic mass is 32.1. The van der Waals surface area contributed by atoms with Crippen LogP contribution in [-0.2, 0) is 0 Å². The summed E-state index contributed by atoms with van der Waals surface area (Å²) in [7, 11) is 0. The first-order valence-corrected chi connectivity index (χ1v) is 7.74. The molecular weight excluding hydrogens is 284 g/mol. The summed E-state index contributed by atoms with van der Waals surface area (Å²) in [5, 5.41) is 9.11. The van der Waals surface area contributed by atoms with Crippen molar-refractivity contribution in [2.45, 2.75) is 27.2 Å². The SMILES string of the molecule is C=CCN(CCC)C(=O)c1sc2nnc(C)c(C)c2c1N. The molecule has 1 amide bonds. The van der Waals surface area contributed by atoms with Crippen molar-refractivity contribution < 1.29 is 4.79 Å². The molecule has 0 aliphatic heterocycles. The van der Waals surface area contributed by atoms with Crippen LogP contribution in [0.1, 0.15) is 34.3 Å². The summed E-state index contributed by atoms with van der Waals surface area (Å²) in [4.78, 5) is 15.7. The molecule has 0 aliphatic carbocycles. The third-order valence-corrected chi connectivity index (χ3v) is 4.54. The molecule has 2 rings (SSSR count). The Labute approximate surface area is 128 Å². The van der Waals surface area contributed by atoms with Gasteiger partial charge in [0.15, 0.2) is 0 Å². The zero-order valence-electron chi connectivity index (χ0n) is 12.6. The zero-order chi connectivity index (χ0) is 15.6. The number of carbonyl (C=O) groups excluding carboxylic acids is 1. The predicted molar refractivity (Wildman–Crippen MR) is 87.7 cm³/mol. The van der Waals surface area contributed by atoms with Gasteiger partial charge in [-0.15, -0.1) is 23.0 Å². The van der Waals surface area contributed by atoms with Crippen LogP contribution in [0.25, 0.3) is 10.2 Å². The summed E-state index contributed by atoms with van der Waals surface area (Å²) in [5.74, 6) is -0.0608. The van der Waals surface area contributed by atoms with Crippen LogP contribution in [-0.4, -0.2) is 34.1 Å². The number of aromatic nitrogens is 2. The topological polar surface area (TPSA) is 72.1 Å². The average molecular weight is 304 g/mol. The highest BCUT2D eigenvalue weighted by molar-refractivity contribution is 7.21. The Morgan fingerprint density at radius 1 is 1.43 bits per heavy atom. The fourth-order valence-corrected chi connectivity index (χ4v) is 3.31. The fourth-order valence-electron chi connectivity index (χ4n) is 2.24. The number of rotatable bonds is 5. The summed E-state index contributed by atoms with van der Waals surface area (Å²) in [5.41, 5.74) is 8.54. The lowest BCUT2D eigenvalue weighted by Crippen LogP contribution is -2.31. The molecule has 0 radical (unpaired) electrons. The average Bonchev–Trinajstić information content (AvgIpc) is 2.80. The van der Waals surface area contributed by atoms with Gasteiger partial charge in [-0.3, -0.25) is 4.79 Å². The number of carbonyl (C=O) groups is 1. The van der Waals surface area contributed by atoms with Gasteiger partial charge in [-0.1, -0.05) is 13.0 Å². The van der Waals surface area contributed by atoms with Crippen molar-refractivity contribution in [3.63, 3.8) is 0 Å². The van der Waals surface area contributed by atoms with Crippen LogP contribution in [0.3, 0.4) is 0 Å². The molecule has 0 saturated heterocycles. The number of nitrogens with two attached hydrogens (primary N) is 1. The van der Waals surface area contributed by atoms with Crippen molar-refractivity contribution in [1.29, 1.82) is 0 Å². The van der Waals surface area contributed by atoms with Crippen molar-refractivity contribution in [3.8, 4) is 0 Å². The Balaban J connectivity index is 2.51. The first-order chi connectivity index (χ1) is 10.0. The Morgan fingerprint density at radius 2 is 2.14 bits per heavy atom. The summed E-state index contributed by atoms with van der Waals surface area (Å²) >= 11 is 1.31. The van der Waals surface area contributed by atoms with Gasteiger partial charge in [-0.05, 0) is 25.8 Å². The number of fused-ring (bicyclic) bond motifs is 1. The van der Waals surface area contributed by atoms with E-state index in [0.29, 0.717) is 28.5 Å². The molecule has 0 aliphatic rings. The molecule has 0 saturated carbocycles. The van der Waals surface area contributed by atoms with E-state index in [9.17, 15) is 4.79 Å². The minimum Gasteiger partial charge on any atom is -0.397 e. The van der Waals surface area contributed by atoms with Crippen LogP contribution in [0.4, 0.5) is 5.69 Å². The van der Waals surface area contributed by atoms with E-state index in [-0.39, 0.29) is 5.91 Å². The monoisotopic (exact) mass is 304 g/mol. The quantitative estimate of drug-likeness (QED) is 0.862. The lowest BCUT2D eigenvalue weighted by atomic mass is 10.1. The van der Waals surface area contributed by atoms with Crippen LogP contribution in [0.5, 0.6) is 0 Å². The number of nitrogen functional groups attached to an aromatic ring is 1. The van der Waals surface area contributed by atoms with E-state index < -0.39 is 0 Å². The van der Waals surface area contributed by atoms with E-state index in [1.807, 2.05) is 20.8 Å². The molecule has 2 aromatic heterocycles. The molecule has 6 heteroatoms. The van der Waals surface area contributed by atoms with Crippen LogP contribution in [0.15, 0.2) is 12.7 Å². The molecule has 0 aromatic carbocycles. The highest BCUT2D eigenvalue weighted by Crippen LogP contribution is 2.35. The van der Waals surface area contributed by atoms with E-state index in [1.54, 1.807) is 11.0 Å². The van der Waals surface area contributed by atoms with Crippen molar-refractivity contribution in [3.05, 3.63) is 28.8 Å². The lowest BCUT2D eigenvalue weighted by molar-refractivity contribution is 0.0780. The maximum atomic E-state index is 12.7. The second-order valence-electron chi connectivity index (χ2n) is 4.98. The highest BCUT2D eigenvalue weighted by Gasteiger charge is 2.23. The predicted octanol–water partition coefficient (Wildman–Crippen LogP) is 2.93. The third kappa shape index (κ3) is 2.76. The van der Waals surface area contributed by atoms with Gasteiger partial charge in [-0.2, -0.15) is 5.10 Å². The number of aryl methyl sites for hydroxylation is 2. The summed E-state index contributed by atoms with van der Waals surface area (Å²) in [6.07, 6.45) is 2.62. The number of amides is 1. The van der Waals surface area contributed by atoms with E-state index in [1.165, 1.54) is 11.3 Å². The maximum Gasteiger partial charge on any atom is 0.266 e. The Morgan fingerprint density at radius 3 is 2.76 bits per heavy atom. The van der Waals surface area contributed by atoms with Crippen molar-refractivity contribution in [2.24, 2.45) is 0 Å². The van der Waals surface area contributed by atoms with Crippen molar-refractivity contribution >= 4 is 33.1 Å². The van der Waals surface area contributed by atoms with Gasteiger partial charge in [0.1, 0.15) is 9.71 Å². The Hall–Kier alpha value is -1.95. The van der Waals surface area contributed by atoms with Crippen molar-refractivity contribution in [2.75, 3.05) is 18.8 Å². The number of anilines is 1. The van der Waals surface area contributed by atoms with Crippen LogP contribution < -0.4 is 5.73 Å². The van der Waals surface area contributed by atoms with Gasteiger partial charge in [0, 0.05) is 18.5 Å². The van der Waals surface area contributed by atoms with Gasteiger partial charge in [0.25, 0.3) is 5.91 Å². The van der Waals surface area contributed by atoms with Crippen LogP contribution >= 0.6 is 11.3 Å². The minimum atomic E-state index is -0.0608. The van der Waals surface area contributed by atoms with E-state index in [4.69, 9.17) is 5.73 Å². The van der Waals surface area contributed by atoms with Gasteiger partial charge >= 0.3 is 0 Å². The standard InChI is InChI=1S/C15H20N4OS/c1-5-7-19(8-6-2)15(20)13-12(16)11-9(3)10(4)17-18-14(11)21-13/h5H,1,6-8,16H2,2-4H3. The van der Waals surface area contributed by atoms with Crippen LogP contribution in [0.2, 0.25) is 0 Å². The second-order valence-corrected chi connectivity index (χ2v) is 5.97. The Kier molecular flexibility index (Phi) is 4.57. The zero-order valence-corrected chi connectivity index (χ0v) is 13.5. The first kappa shape index (κ1) is 15.4. The molecular formula is C15H20N4OS. The molecule has 21 heavy (non-hydrogen) atoms. The summed E-state index contributed by atoms with van der Waals surface area (Å²) in [6.45, 7) is 10.8. The van der Waals surface area contributed by atoms with Gasteiger partial charge < -0.3 is 10.6 Å². The molecule has 2 aromatic rings. The summed E-state index contributed by atoms with van der Waals surface area (Å²) in [6, 6.07) is 0. The smallest absolute Gasteiger partial charge is 0.266 e.